The summed E-state index contributed by atoms with van der Waals surface area (Å²) in [5, 5.41) is 16.1. The number of halogens is 1. The third kappa shape index (κ3) is 3.86. The first-order valence-electron chi connectivity index (χ1n) is 9.28. The number of rotatable bonds is 5. The Labute approximate surface area is 176 Å². The van der Waals surface area contributed by atoms with Crippen LogP contribution in [0.25, 0.3) is 11.0 Å². The molecule has 0 radical (unpaired) electrons. The molecule has 3 aromatic rings. The molecule has 1 aliphatic heterocycles. The fraction of sp³-hybridized carbons (Fsp3) is 0.316. The minimum atomic E-state index is -0.509. The van der Waals surface area contributed by atoms with Gasteiger partial charge in [-0.15, -0.1) is 0 Å². The highest BCUT2D eigenvalue weighted by Crippen LogP contribution is 2.29. The standard InChI is InChI=1S/C19H19ClN6O4/c1-30-17-9-14(2-3-16(17)20)23-4-6-24(7-5-23)18(27)12-25-19-13(10-22-25)8-15(11-21-19)26(28)29/h2-3,8-11H,4-7,12H2,1H3. The van der Waals surface area contributed by atoms with E-state index in [0.29, 0.717) is 48.0 Å². The maximum atomic E-state index is 12.7. The number of nitrogens with zero attached hydrogens (tertiary/aromatic N) is 6. The average molecular weight is 431 g/mol. The number of anilines is 1. The van der Waals surface area contributed by atoms with Gasteiger partial charge in [0.25, 0.3) is 5.69 Å². The van der Waals surface area contributed by atoms with Crippen LogP contribution in [0.5, 0.6) is 5.75 Å². The minimum Gasteiger partial charge on any atom is -0.495 e. The Kier molecular flexibility index (Phi) is 5.40. The molecule has 1 saturated heterocycles. The van der Waals surface area contributed by atoms with Crippen molar-refractivity contribution in [3.8, 4) is 5.75 Å². The summed E-state index contributed by atoms with van der Waals surface area (Å²) in [6.07, 6.45) is 2.65. The Morgan fingerprint density at radius 3 is 2.70 bits per heavy atom. The molecule has 2 aromatic heterocycles. The number of hydrogen-bond acceptors (Lipinski definition) is 7. The molecular formula is C19H19ClN6O4. The molecule has 30 heavy (non-hydrogen) atoms. The topological polar surface area (TPSA) is 107 Å². The van der Waals surface area contributed by atoms with Gasteiger partial charge in [-0.1, -0.05) is 11.6 Å². The van der Waals surface area contributed by atoms with Crippen molar-refractivity contribution in [1.29, 1.82) is 0 Å². The van der Waals surface area contributed by atoms with Crippen molar-refractivity contribution in [2.45, 2.75) is 6.54 Å². The van der Waals surface area contributed by atoms with Crippen molar-refractivity contribution in [2.75, 3.05) is 38.2 Å². The van der Waals surface area contributed by atoms with Crippen LogP contribution in [0.3, 0.4) is 0 Å². The van der Waals surface area contributed by atoms with Crippen LogP contribution in [-0.4, -0.2) is 63.8 Å². The average Bonchev–Trinajstić information content (AvgIpc) is 3.16. The lowest BCUT2D eigenvalue weighted by Crippen LogP contribution is -2.49. The van der Waals surface area contributed by atoms with E-state index in [1.807, 2.05) is 12.1 Å². The Morgan fingerprint density at radius 1 is 1.23 bits per heavy atom. The van der Waals surface area contributed by atoms with E-state index in [1.165, 1.54) is 23.1 Å². The van der Waals surface area contributed by atoms with E-state index in [-0.39, 0.29) is 18.1 Å². The molecule has 156 valence electrons. The normalized spacial score (nSPS) is 14.2. The summed E-state index contributed by atoms with van der Waals surface area (Å²) in [6, 6.07) is 7.02. The molecule has 0 N–H and O–H groups in total. The summed E-state index contributed by atoms with van der Waals surface area (Å²) in [5.41, 5.74) is 1.33. The molecule has 11 heteroatoms. The predicted octanol–water partition coefficient (Wildman–Crippen LogP) is 2.35. The number of pyridine rings is 1. The number of benzene rings is 1. The minimum absolute atomic E-state index is 0.0308. The van der Waals surface area contributed by atoms with E-state index < -0.39 is 4.92 Å². The molecule has 1 fully saturated rings. The first kappa shape index (κ1) is 19.9. The fourth-order valence-corrected chi connectivity index (χ4v) is 3.66. The Hall–Kier alpha value is -3.40. The lowest BCUT2D eigenvalue weighted by atomic mass is 10.2. The number of hydrogen-bond donors (Lipinski definition) is 0. The maximum Gasteiger partial charge on any atom is 0.288 e. The Morgan fingerprint density at radius 2 is 2.00 bits per heavy atom. The van der Waals surface area contributed by atoms with E-state index in [1.54, 1.807) is 18.1 Å². The van der Waals surface area contributed by atoms with Crippen LogP contribution >= 0.6 is 11.6 Å². The van der Waals surface area contributed by atoms with E-state index in [0.717, 1.165) is 5.69 Å². The van der Waals surface area contributed by atoms with Crippen LogP contribution in [-0.2, 0) is 11.3 Å². The first-order valence-corrected chi connectivity index (χ1v) is 9.66. The molecule has 0 bridgehead atoms. The SMILES string of the molecule is COc1cc(N2CCN(C(=O)Cn3ncc4cc([N+](=O)[O-])cnc43)CC2)ccc1Cl. The third-order valence-corrected chi connectivity index (χ3v) is 5.40. The summed E-state index contributed by atoms with van der Waals surface area (Å²) < 4.78 is 6.74. The van der Waals surface area contributed by atoms with Crippen LogP contribution in [0.1, 0.15) is 0 Å². The van der Waals surface area contributed by atoms with Crippen molar-refractivity contribution in [1.82, 2.24) is 19.7 Å². The van der Waals surface area contributed by atoms with Crippen LogP contribution in [0.2, 0.25) is 5.02 Å². The van der Waals surface area contributed by atoms with Crippen molar-refractivity contribution in [3.63, 3.8) is 0 Å². The summed E-state index contributed by atoms with van der Waals surface area (Å²) in [6.45, 7) is 2.54. The molecule has 3 heterocycles. The summed E-state index contributed by atoms with van der Waals surface area (Å²) in [5.74, 6) is 0.541. The number of aromatic nitrogens is 3. The van der Waals surface area contributed by atoms with Gasteiger partial charge in [-0.05, 0) is 12.1 Å². The van der Waals surface area contributed by atoms with Gasteiger partial charge in [-0.2, -0.15) is 5.10 Å². The molecule has 0 spiro atoms. The molecular weight excluding hydrogens is 412 g/mol. The highest BCUT2D eigenvalue weighted by molar-refractivity contribution is 6.32. The van der Waals surface area contributed by atoms with Gasteiger partial charge in [0.2, 0.25) is 5.91 Å². The molecule has 0 aliphatic carbocycles. The van der Waals surface area contributed by atoms with Crippen molar-refractivity contribution in [3.05, 3.63) is 51.8 Å². The van der Waals surface area contributed by atoms with Gasteiger partial charge in [-0.3, -0.25) is 14.9 Å². The van der Waals surface area contributed by atoms with Gasteiger partial charge < -0.3 is 14.5 Å². The summed E-state index contributed by atoms with van der Waals surface area (Å²) >= 11 is 6.09. The second-order valence-corrected chi connectivity index (χ2v) is 7.26. The smallest absolute Gasteiger partial charge is 0.288 e. The quantitative estimate of drug-likeness (QED) is 0.451. The number of amides is 1. The Balaban J connectivity index is 1.40. The number of ether oxygens (including phenoxy) is 1. The van der Waals surface area contributed by atoms with Crippen LogP contribution < -0.4 is 9.64 Å². The Bertz CT molecular complexity index is 1110. The number of fused-ring (bicyclic) bond motifs is 1. The number of nitro groups is 1. The van der Waals surface area contributed by atoms with E-state index in [4.69, 9.17) is 16.3 Å². The van der Waals surface area contributed by atoms with Crippen molar-refractivity contribution < 1.29 is 14.5 Å². The van der Waals surface area contributed by atoms with Gasteiger partial charge >= 0.3 is 0 Å². The zero-order chi connectivity index (χ0) is 21.3. The van der Waals surface area contributed by atoms with Gasteiger partial charge in [0.15, 0.2) is 5.65 Å². The molecule has 1 aliphatic rings. The third-order valence-electron chi connectivity index (χ3n) is 5.09. The number of piperazine rings is 1. The van der Waals surface area contributed by atoms with Crippen LogP contribution in [0.15, 0.2) is 36.7 Å². The van der Waals surface area contributed by atoms with Crippen molar-refractivity contribution in [2.24, 2.45) is 0 Å². The largest absolute Gasteiger partial charge is 0.495 e. The van der Waals surface area contributed by atoms with Crippen LogP contribution in [0.4, 0.5) is 11.4 Å². The molecule has 0 unspecified atom stereocenters. The lowest BCUT2D eigenvalue weighted by molar-refractivity contribution is -0.385. The van der Waals surface area contributed by atoms with Crippen molar-refractivity contribution >= 4 is 39.9 Å². The first-order chi connectivity index (χ1) is 14.5. The second-order valence-electron chi connectivity index (χ2n) is 6.85. The van der Waals surface area contributed by atoms with E-state index >= 15 is 0 Å². The zero-order valence-electron chi connectivity index (χ0n) is 16.2. The monoisotopic (exact) mass is 430 g/mol. The van der Waals surface area contributed by atoms with Gasteiger partial charge in [-0.25, -0.2) is 9.67 Å². The predicted molar refractivity (Wildman–Crippen MR) is 111 cm³/mol. The highest BCUT2D eigenvalue weighted by Gasteiger charge is 2.23. The van der Waals surface area contributed by atoms with Gasteiger partial charge in [0, 0.05) is 49.4 Å². The highest BCUT2D eigenvalue weighted by atomic mass is 35.5. The number of methoxy groups -OCH3 is 1. The van der Waals surface area contributed by atoms with E-state index in [9.17, 15) is 14.9 Å². The molecule has 4 rings (SSSR count). The second kappa shape index (κ2) is 8.15. The molecule has 0 atom stereocenters. The van der Waals surface area contributed by atoms with Gasteiger partial charge in [0.1, 0.15) is 18.5 Å². The summed E-state index contributed by atoms with van der Waals surface area (Å²) in [7, 11) is 1.58. The fourth-order valence-electron chi connectivity index (χ4n) is 3.46. The van der Waals surface area contributed by atoms with E-state index in [2.05, 4.69) is 15.0 Å². The molecule has 1 aromatic carbocycles. The zero-order valence-corrected chi connectivity index (χ0v) is 16.9. The van der Waals surface area contributed by atoms with Gasteiger partial charge in [0.05, 0.1) is 23.3 Å². The molecule has 1 amide bonds. The van der Waals surface area contributed by atoms with Crippen LogP contribution in [0, 0.1) is 10.1 Å². The maximum absolute atomic E-state index is 12.7. The summed E-state index contributed by atoms with van der Waals surface area (Å²) in [4.78, 5) is 31.2. The number of carbonyl (C=O) groups excluding carboxylic acids is 1. The molecule has 0 saturated carbocycles. The lowest BCUT2D eigenvalue weighted by Gasteiger charge is -2.36. The molecule has 10 nitrogen and oxygen atoms in total. The number of carbonyl (C=O) groups is 1.